The van der Waals surface area contributed by atoms with Crippen LogP contribution in [-0.2, 0) is 6.54 Å². The van der Waals surface area contributed by atoms with Gasteiger partial charge in [-0.25, -0.2) is 13.2 Å². The van der Waals surface area contributed by atoms with Gasteiger partial charge in [-0.2, -0.15) is 9.37 Å². The summed E-state index contributed by atoms with van der Waals surface area (Å²) in [6.45, 7) is 1.52. The van der Waals surface area contributed by atoms with Gasteiger partial charge in [-0.05, 0) is 36.2 Å². The third-order valence-corrected chi connectivity index (χ3v) is 4.04. The molecule has 0 aliphatic carbocycles. The number of hydrogen-bond donors (Lipinski definition) is 1. The molecular formula is C19H15F4N3O2. The summed E-state index contributed by atoms with van der Waals surface area (Å²) in [4.78, 5) is 15.3. The zero-order valence-corrected chi connectivity index (χ0v) is 14.9. The molecule has 146 valence electrons. The first kappa shape index (κ1) is 19.4. The van der Waals surface area contributed by atoms with E-state index < -0.39 is 28.8 Å². The zero-order valence-electron chi connectivity index (χ0n) is 14.9. The molecule has 1 heterocycles. The highest BCUT2D eigenvalue weighted by molar-refractivity contribution is 5.61. The van der Waals surface area contributed by atoms with Gasteiger partial charge in [0.05, 0.1) is 13.7 Å². The standard InChI is InChI=1S/C19H15F4N3O2/c1-10-5-14(22)17(28-2)7-16(10)24-19-25-18(27)15(23)9-26(19)8-11-3-4-12(20)13(21)6-11/h3-7,9H,8H2,1-2H3,(H,24,25,27). The van der Waals surface area contributed by atoms with Crippen LogP contribution in [0, 0.1) is 30.2 Å². The van der Waals surface area contributed by atoms with Crippen molar-refractivity contribution in [1.29, 1.82) is 0 Å². The zero-order chi connectivity index (χ0) is 20.4. The van der Waals surface area contributed by atoms with Crippen LogP contribution >= 0.6 is 0 Å². The molecule has 2 aromatic carbocycles. The van der Waals surface area contributed by atoms with Crippen molar-refractivity contribution in [3.05, 3.63) is 81.3 Å². The number of nitrogens with zero attached hydrogens (tertiary/aromatic N) is 2. The molecule has 28 heavy (non-hydrogen) atoms. The highest BCUT2D eigenvalue weighted by atomic mass is 19.2. The number of aromatic nitrogens is 2. The van der Waals surface area contributed by atoms with Crippen molar-refractivity contribution < 1.29 is 22.3 Å². The quantitative estimate of drug-likeness (QED) is 0.668. The van der Waals surface area contributed by atoms with Crippen LogP contribution < -0.4 is 15.6 Å². The van der Waals surface area contributed by atoms with Crippen LogP contribution in [0.5, 0.6) is 5.75 Å². The van der Waals surface area contributed by atoms with E-state index in [4.69, 9.17) is 4.74 Å². The topological polar surface area (TPSA) is 56.1 Å². The smallest absolute Gasteiger partial charge is 0.310 e. The van der Waals surface area contributed by atoms with E-state index in [1.807, 2.05) is 0 Å². The van der Waals surface area contributed by atoms with Gasteiger partial charge in [-0.3, -0.25) is 4.79 Å². The number of methoxy groups -OCH3 is 1. The lowest BCUT2D eigenvalue weighted by molar-refractivity contribution is 0.386. The van der Waals surface area contributed by atoms with Gasteiger partial charge in [0, 0.05) is 18.0 Å². The molecule has 0 bridgehead atoms. The number of aryl methyl sites for hydroxylation is 1. The first-order valence-electron chi connectivity index (χ1n) is 8.10. The van der Waals surface area contributed by atoms with E-state index in [0.717, 1.165) is 18.3 Å². The molecule has 5 nitrogen and oxygen atoms in total. The van der Waals surface area contributed by atoms with Gasteiger partial charge in [0.15, 0.2) is 23.2 Å². The minimum Gasteiger partial charge on any atom is -0.494 e. The SMILES string of the molecule is COc1cc(Nc2nc(=O)c(F)cn2Cc2ccc(F)c(F)c2)c(C)cc1F. The van der Waals surface area contributed by atoms with Crippen molar-refractivity contribution in [2.75, 3.05) is 12.4 Å². The minimum absolute atomic E-state index is 0.0373. The largest absolute Gasteiger partial charge is 0.494 e. The highest BCUT2D eigenvalue weighted by Gasteiger charge is 2.14. The molecule has 0 atom stereocenters. The van der Waals surface area contributed by atoms with E-state index in [-0.39, 0.29) is 18.2 Å². The Hall–Kier alpha value is -3.36. The predicted octanol–water partition coefficient (Wildman–Crippen LogP) is 3.91. The van der Waals surface area contributed by atoms with E-state index in [1.54, 1.807) is 6.92 Å². The summed E-state index contributed by atoms with van der Waals surface area (Å²) in [5.74, 6) is -3.85. The van der Waals surface area contributed by atoms with Gasteiger partial charge < -0.3 is 14.6 Å². The molecule has 0 aliphatic rings. The summed E-state index contributed by atoms with van der Waals surface area (Å²) in [6.07, 6.45) is 0.898. The van der Waals surface area contributed by atoms with Crippen LogP contribution in [0.4, 0.5) is 29.2 Å². The summed E-state index contributed by atoms with van der Waals surface area (Å²) in [7, 11) is 1.30. The molecule has 0 saturated carbocycles. The lowest BCUT2D eigenvalue weighted by Gasteiger charge is -2.16. The Bertz CT molecular complexity index is 1100. The normalized spacial score (nSPS) is 10.8. The Balaban J connectivity index is 2.02. The molecule has 1 aromatic heterocycles. The first-order chi connectivity index (χ1) is 13.3. The molecule has 0 radical (unpaired) electrons. The van der Waals surface area contributed by atoms with Gasteiger partial charge in [-0.1, -0.05) is 6.07 Å². The maximum Gasteiger partial charge on any atom is 0.310 e. The molecular weight excluding hydrogens is 378 g/mol. The highest BCUT2D eigenvalue weighted by Crippen LogP contribution is 2.27. The Morgan fingerprint density at radius 1 is 1.04 bits per heavy atom. The Morgan fingerprint density at radius 3 is 2.46 bits per heavy atom. The summed E-state index contributed by atoms with van der Waals surface area (Å²) in [6, 6.07) is 5.81. The van der Waals surface area contributed by atoms with E-state index in [0.29, 0.717) is 16.8 Å². The Morgan fingerprint density at radius 2 is 1.79 bits per heavy atom. The van der Waals surface area contributed by atoms with Crippen molar-refractivity contribution in [3.63, 3.8) is 0 Å². The first-order valence-corrected chi connectivity index (χ1v) is 8.10. The van der Waals surface area contributed by atoms with Crippen molar-refractivity contribution in [3.8, 4) is 5.75 Å². The van der Waals surface area contributed by atoms with Gasteiger partial charge in [0.1, 0.15) is 0 Å². The van der Waals surface area contributed by atoms with Crippen LogP contribution in [0.2, 0.25) is 0 Å². The number of halogens is 4. The molecule has 0 amide bonds. The van der Waals surface area contributed by atoms with E-state index in [2.05, 4.69) is 10.3 Å². The lowest BCUT2D eigenvalue weighted by Crippen LogP contribution is -2.20. The molecule has 0 fully saturated rings. The maximum absolute atomic E-state index is 13.8. The number of benzene rings is 2. The van der Waals surface area contributed by atoms with Crippen molar-refractivity contribution in [1.82, 2.24) is 9.55 Å². The molecule has 3 rings (SSSR count). The van der Waals surface area contributed by atoms with Crippen LogP contribution in [0.15, 0.2) is 41.3 Å². The number of ether oxygens (including phenoxy) is 1. The number of nitrogens with one attached hydrogen (secondary N) is 1. The van der Waals surface area contributed by atoms with E-state index >= 15 is 0 Å². The molecule has 0 aliphatic heterocycles. The van der Waals surface area contributed by atoms with Crippen LogP contribution in [-0.4, -0.2) is 16.7 Å². The number of hydrogen-bond acceptors (Lipinski definition) is 4. The van der Waals surface area contributed by atoms with E-state index in [1.165, 1.54) is 29.9 Å². The summed E-state index contributed by atoms with van der Waals surface area (Å²) in [5.41, 5.74) is 0.0722. The van der Waals surface area contributed by atoms with E-state index in [9.17, 15) is 22.4 Å². The second kappa shape index (κ2) is 7.71. The van der Waals surface area contributed by atoms with Crippen LogP contribution in [0.3, 0.4) is 0 Å². The third-order valence-electron chi connectivity index (χ3n) is 4.04. The Labute approximate surface area is 157 Å². The fourth-order valence-corrected chi connectivity index (χ4v) is 2.59. The minimum atomic E-state index is -1.11. The average Bonchev–Trinajstić information content (AvgIpc) is 2.64. The molecule has 0 saturated heterocycles. The number of anilines is 2. The molecule has 3 aromatic rings. The van der Waals surface area contributed by atoms with Gasteiger partial charge in [-0.15, -0.1) is 0 Å². The maximum atomic E-state index is 13.8. The van der Waals surface area contributed by atoms with Gasteiger partial charge >= 0.3 is 5.56 Å². The third kappa shape index (κ3) is 3.98. The lowest BCUT2D eigenvalue weighted by atomic mass is 10.2. The molecule has 1 N–H and O–H groups in total. The number of rotatable bonds is 5. The fourth-order valence-electron chi connectivity index (χ4n) is 2.59. The fraction of sp³-hybridized carbons (Fsp3) is 0.158. The van der Waals surface area contributed by atoms with Crippen molar-refractivity contribution in [2.24, 2.45) is 0 Å². The van der Waals surface area contributed by atoms with Crippen molar-refractivity contribution >= 4 is 11.6 Å². The summed E-state index contributed by atoms with van der Waals surface area (Å²) in [5, 5.41) is 2.83. The van der Waals surface area contributed by atoms with Gasteiger partial charge in [0.2, 0.25) is 11.8 Å². The second-order valence-corrected chi connectivity index (χ2v) is 6.02. The molecule has 0 unspecified atom stereocenters. The Kier molecular flexibility index (Phi) is 5.34. The molecule has 0 spiro atoms. The average molecular weight is 393 g/mol. The van der Waals surface area contributed by atoms with Crippen molar-refractivity contribution in [2.45, 2.75) is 13.5 Å². The summed E-state index contributed by atoms with van der Waals surface area (Å²) < 4.78 is 60.3. The predicted molar refractivity (Wildman–Crippen MR) is 94.9 cm³/mol. The second-order valence-electron chi connectivity index (χ2n) is 6.02. The monoisotopic (exact) mass is 393 g/mol. The van der Waals surface area contributed by atoms with Gasteiger partial charge in [0.25, 0.3) is 0 Å². The van der Waals surface area contributed by atoms with Crippen LogP contribution in [0.25, 0.3) is 0 Å². The van der Waals surface area contributed by atoms with Crippen LogP contribution in [0.1, 0.15) is 11.1 Å². The molecule has 9 heteroatoms. The summed E-state index contributed by atoms with van der Waals surface area (Å²) >= 11 is 0.